The van der Waals surface area contributed by atoms with E-state index in [0.717, 1.165) is 25.7 Å². The highest BCUT2D eigenvalue weighted by atomic mass is 16.5. The molecule has 2 fully saturated rings. The highest BCUT2D eigenvalue weighted by Crippen LogP contribution is 2.64. The number of fused-ring (bicyclic) bond motifs is 5. The summed E-state index contributed by atoms with van der Waals surface area (Å²) in [6.45, 7) is 6.53. The third kappa shape index (κ3) is 2.99. The van der Waals surface area contributed by atoms with Gasteiger partial charge in [-0.1, -0.05) is 31.6 Å². The number of rotatable bonds is 4. The molecule has 0 radical (unpaired) electrons. The maximum Gasteiger partial charge on any atom is 0.305 e. The van der Waals surface area contributed by atoms with E-state index in [1.807, 2.05) is 6.08 Å². The Labute approximate surface area is 179 Å². The van der Waals surface area contributed by atoms with Gasteiger partial charge in [-0.15, -0.1) is 0 Å². The van der Waals surface area contributed by atoms with Crippen molar-refractivity contribution in [2.75, 3.05) is 7.11 Å². The number of carbonyl (C=O) groups is 3. The summed E-state index contributed by atoms with van der Waals surface area (Å²) in [6.07, 6.45) is 9.50. The molecule has 0 saturated heterocycles. The fourth-order valence-electron chi connectivity index (χ4n) is 7.35. The molecule has 30 heavy (non-hydrogen) atoms. The third-order valence-electron chi connectivity index (χ3n) is 9.25. The van der Waals surface area contributed by atoms with Gasteiger partial charge in [0.1, 0.15) is 5.78 Å². The van der Waals surface area contributed by atoms with Crippen LogP contribution < -0.4 is 5.73 Å². The number of hydrogen-bond acceptors (Lipinski definition) is 5. The molecule has 0 unspecified atom stereocenters. The van der Waals surface area contributed by atoms with Crippen molar-refractivity contribution in [3.05, 3.63) is 23.4 Å². The molecular formula is C25H35NO4. The molecule has 2 saturated carbocycles. The van der Waals surface area contributed by atoms with Crippen LogP contribution in [0.5, 0.6) is 0 Å². The number of methoxy groups -OCH3 is 1. The van der Waals surface area contributed by atoms with Crippen LogP contribution in [0.25, 0.3) is 0 Å². The molecular weight excluding hydrogens is 378 g/mol. The number of esters is 1. The van der Waals surface area contributed by atoms with Crippen LogP contribution in [0.3, 0.4) is 0 Å². The molecule has 0 aromatic heterocycles. The van der Waals surface area contributed by atoms with E-state index >= 15 is 0 Å². The minimum absolute atomic E-state index is 0.0578. The molecule has 5 heteroatoms. The van der Waals surface area contributed by atoms with Crippen molar-refractivity contribution >= 4 is 17.5 Å². The SMILES string of the molecule is COC(=O)CC[C@@H](C)[C@H]1CC=C2[C@@H]3CC[C@@H]4CC(=O)C(N)=C[C@]4(C)[C@H]3CC(=O)[C@@]21C. The highest BCUT2D eigenvalue weighted by Gasteiger charge is 2.61. The van der Waals surface area contributed by atoms with Gasteiger partial charge in [0, 0.05) is 19.3 Å². The maximum absolute atomic E-state index is 13.7. The largest absolute Gasteiger partial charge is 0.469 e. The Morgan fingerprint density at radius 2 is 2.00 bits per heavy atom. The lowest BCUT2D eigenvalue weighted by molar-refractivity contribution is -0.141. The zero-order chi connectivity index (χ0) is 21.8. The highest BCUT2D eigenvalue weighted by molar-refractivity contribution is 5.96. The normalized spacial score (nSPS) is 41.2. The zero-order valence-electron chi connectivity index (χ0n) is 18.7. The average Bonchev–Trinajstić information content (AvgIpc) is 3.07. The number of Topliss-reactive ketones (excluding diaryl/α,β-unsaturated/α-hetero) is 2. The van der Waals surface area contributed by atoms with E-state index in [4.69, 9.17) is 10.5 Å². The van der Waals surface area contributed by atoms with Gasteiger partial charge in [0.25, 0.3) is 0 Å². The van der Waals surface area contributed by atoms with Crippen molar-refractivity contribution < 1.29 is 19.1 Å². The van der Waals surface area contributed by atoms with Gasteiger partial charge in [-0.05, 0) is 67.6 Å². The summed E-state index contributed by atoms with van der Waals surface area (Å²) >= 11 is 0. The minimum Gasteiger partial charge on any atom is -0.469 e. The van der Waals surface area contributed by atoms with Gasteiger partial charge in [-0.3, -0.25) is 14.4 Å². The number of ketones is 2. The number of hydrogen-bond donors (Lipinski definition) is 1. The van der Waals surface area contributed by atoms with Crippen LogP contribution in [0, 0.1) is 40.4 Å². The van der Waals surface area contributed by atoms with Crippen LogP contribution in [0.1, 0.15) is 65.7 Å². The van der Waals surface area contributed by atoms with E-state index in [1.54, 1.807) is 0 Å². The topological polar surface area (TPSA) is 86.5 Å². The summed E-state index contributed by atoms with van der Waals surface area (Å²) in [5, 5.41) is 0. The van der Waals surface area contributed by atoms with Gasteiger partial charge in [0.05, 0.1) is 18.2 Å². The second-order valence-corrected chi connectivity index (χ2v) is 10.5. The second-order valence-electron chi connectivity index (χ2n) is 10.5. The zero-order valence-corrected chi connectivity index (χ0v) is 18.7. The Morgan fingerprint density at radius 1 is 1.27 bits per heavy atom. The van der Waals surface area contributed by atoms with E-state index < -0.39 is 5.41 Å². The molecule has 0 aromatic rings. The first kappa shape index (κ1) is 21.3. The van der Waals surface area contributed by atoms with E-state index in [9.17, 15) is 14.4 Å². The molecule has 0 aromatic carbocycles. The van der Waals surface area contributed by atoms with E-state index in [2.05, 4.69) is 26.8 Å². The van der Waals surface area contributed by atoms with Crippen LogP contribution >= 0.6 is 0 Å². The van der Waals surface area contributed by atoms with Crippen LogP contribution in [0.2, 0.25) is 0 Å². The summed E-state index contributed by atoms with van der Waals surface area (Å²) in [7, 11) is 1.42. The first-order valence-electron chi connectivity index (χ1n) is 11.4. The molecule has 4 aliphatic carbocycles. The van der Waals surface area contributed by atoms with Crippen molar-refractivity contribution in [3.63, 3.8) is 0 Å². The molecule has 7 atom stereocenters. The lowest BCUT2D eigenvalue weighted by Crippen LogP contribution is -2.54. The number of allylic oxidation sites excluding steroid dienone is 4. The second kappa shape index (κ2) is 7.35. The molecule has 4 rings (SSSR count). The van der Waals surface area contributed by atoms with Crippen molar-refractivity contribution in [2.45, 2.75) is 65.7 Å². The fourth-order valence-corrected chi connectivity index (χ4v) is 7.35. The van der Waals surface area contributed by atoms with Crippen molar-refractivity contribution in [1.82, 2.24) is 0 Å². The average molecular weight is 414 g/mol. The van der Waals surface area contributed by atoms with Gasteiger partial charge < -0.3 is 10.5 Å². The molecule has 0 aliphatic heterocycles. The molecule has 164 valence electrons. The first-order chi connectivity index (χ1) is 14.1. The Balaban J connectivity index is 1.61. The summed E-state index contributed by atoms with van der Waals surface area (Å²) in [5.74, 6) is 1.60. The van der Waals surface area contributed by atoms with Gasteiger partial charge in [0.2, 0.25) is 0 Å². The Bertz CT molecular complexity index is 842. The predicted molar refractivity (Wildman–Crippen MR) is 114 cm³/mol. The maximum atomic E-state index is 13.7. The van der Waals surface area contributed by atoms with Crippen LogP contribution in [-0.2, 0) is 19.1 Å². The number of nitrogens with two attached hydrogens (primary N) is 1. The van der Waals surface area contributed by atoms with Crippen LogP contribution in [0.4, 0.5) is 0 Å². The standard InChI is InChI=1S/C25H35NO4/c1-14(5-10-23(29)30-4)17-8-9-18-16-7-6-15-11-21(27)20(26)13-24(15,2)19(16)12-22(28)25(17,18)3/h9,13-17,19H,5-8,10-12,26H2,1-4H3/t14-,15-,16+,17-,19+,24+,25-/m1/s1. The quantitative estimate of drug-likeness (QED) is 0.557. The van der Waals surface area contributed by atoms with Crippen molar-refractivity contribution in [2.24, 2.45) is 46.2 Å². The summed E-state index contributed by atoms with van der Waals surface area (Å²) in [5.41, 5.74) is 7.15. The Kier molecular flexibility index (Phi) is 5.22. The smallest absolute Gasteiger partial charge is 0.305 e. The number of ether oxygens (including phenoxy) is 1. The van der Waals surface area contributed by atoms with Crippen LogP contribution in [0.15, 0.2) is 23.4 Å². The molecule has 5 nitrogen and oxygen atoms in total. The molecule has 0 amide bonds. The van der Waals surface area contributed by atoms with E-state index in [1.165, 1.54) is 12.7 Å². The third-order valence-corrected chi connectivity index (χ3v) is 9.25. The van der Waals surface area contributed by atoms with Gasteiger partial charge in [-0.2, -0.15) is 0 Å². The van der Waals surface area contributed by atoms with Crippen molar-refractivity contribution in [3.8, 4) is 0 Å². The Hall–Kier alpha value is -1.91. The number of carbonyl (C=O) groups excluding carboxylic acids is 3. The fraction of sp³-hybridized carbons (Fsp3) is 0.720. The molecule has 4 aliphatic rings. The molecule has 0 spiro atoms. The lowest BCUT2D eigenvalue weighted by Gasteiger charge is -2.57. The summed E-state index contributed by atoms with van der Waals surface area (Å²) in [4.78, 5) is 37.5. The van der Waals surface area contributed by atoms with Gasteiger partial charge >= 0.3 is 5.97 Å². The molecule has 0 bridgehead atoms. The summed E-state index contributed by atoms with van der Waals surface area (Å²) in [6, 6.07) is 0. The summed E-state index contributed by atoms with van der Waals surface area (Å²) < 4.78 is 4.81. The van der Waals surface area contributed by atoms with Gasteiger partial charge in [-0.25, -0.2) is 0 Å². The monoisotopic (exact) mass is 413 g/mol. The van der Waals surface area contributed by atoms with E-state index in [-0.39, 0.29) is 40.8 Å². The van der Waals surface area contributed by atoms with Crippen molar-refractivity contribution in [1.29, 1.82) is 0 Å². The van der Waals surface area contributed by atoms with Gasteiger partial charge in [0.15, 0.2) is 5.78 Å². The van der Waals surface area contributed by atoms with E-state index in [0.29, 0.717) is 36.7 Å². The predicted octanol–water partition coefficient (Wildman–Crippen LogP) is 3.97. The molecule has 2 N–H and O–H groups in total. The molecule has 0 heterocycles. The van der Waals surface area contributed by atoms with Crippen LogP contribution in [-0.4, -0.2) is 24.6 Å². The minimum atomic E-state index is -0.431. The Morgan fingerprint density at radius 3 is 2.70 bits per heavy atom. The lowest BCUT2D eigenvalue weighted by atomic mass is 9.46. The first-order valence-corrected chi connectivity index (χ1v) is 11.4.